The Morgan fingerprint density at radius 3 is 2.71 bits per heavy atom. The number of nitrogens with one attached hydrogen (secondary N) is 1. The summed E-state index contributed by atoms with van der Waals surface area (Å²) in [6.07, 6.45) is 6.21. The summed E-state index contributed by atoms with van der Waals surface area (Å²) in [6, 6.07) is 9.08. The fourth-order valence-corrected chi connectivity index (χ4v) is 2.64. The summed E-state index contributed by atoms with van der Waals surface area (Å²) < 4.78 is 2.01. The highest BCUT2D eigenvalue weighted by Gasteiger charge is 2.16. The molecule has 3 heteroatoms. The first-order valence-electron chi connectivity index (χ1n) is 7.90. The monoisotopic (exact) mass is 285 g/mol. The van der Waals surface area contributed by atoms with Gasteiger partial charge in [0.2, 0.25) is 0 Å². The van der Waals surface area contributed by atoms with Crippen molar-refractivity contribution < 1.29 is 0 Å². The maximum Gasteiger partial charge on any atom is 0.0947 e. The molecule has 1 atom stereocenters. The van der Waals surface area contributed by atoms with E-state index in [-0.39, 0.29) is 6.04 Å². The topological polar surface area (TPSA) is 29.9 Å². The van der Waals surface area contributed by atoms with Crippen LogP contribution in [0.15, 0.2) is 36.8 Å². The Labute approximate surface area is 128 Å². The molecule has 2 aromatic rings. The van der Waals surface area contributed by atoms with Gasteiger partial charge in [0, 0.05) is 13.2 Å². The first kappa shape index (κ1) is 15.8. The van der Waals surface area contributed by atoms with E-state index < -0.39 is 0 Å². The maximum atomic E-state index is 4.54. The number of imidazole rings is 1. The Morgan fingerprint density at radius 1 is 1.29 bits per heavy atom. The molecule has 2 rings (SSSR count). The van der Waals surface area contributed by atoms with E-state index in [1.807, 2.05) is 17.9 Å². The molecule has 0 saturated heterocycles. The van der Waals surface area contributed by atoms with Crippen LogP contribution in [-0.4, -0.2) is 16.1 Å². The molecule has 0 aliphatic heterocycles. The third-order valence-corrected chi connectivity index (χ3v) is 3.55. The van der Waals surface area contributed by atoms with Crippen molar-refractivity contribution in [2.45, 2.75) is 39.7 Å². The predicted molar refractivity (Wildman–Crippen MR) is 88.3 cm³/mol. The molecule has 21 heavy (non-hydrogen) atoms. The summed E-state index contributed by atoms with van der Waals surface area (Å²) in [4.78, 5) is 4.54. The molecular weight excluding hydrogens is 258 g/mol. The van der Waals surface area contributed by atoms with Crippen LogP contribution in [0.25, 0.3) is 0 Å². The van der Waals surface area contributed by atoms with Crippen LogP contribution in [0, 0.1) is 5.92 Å². The number of hydrogen-bond donors (Lipinski definition) is 1. The van der Waals surface area contributed by atoms with Gasteiger partial charge < -0.3 is 9.88 Å². The predicted octanol–water partition coefficient (Wildman–Crippen LogP) is 3.71. The zero-order valence-corrected chi connectivity index (χ0v) is 13.6. The van der Waals surface area contributed by atoms with E-state index in [4.69, 9.17) is 0 Å². The van der Waals surface area contributed by atoms with Crippen molar-refractivity contribution in [3.05, 3.63) is 53.6 Å². The highest BCUT2D eigenvalue weighted by atomic mass is 15.0. The molecule has 114 valence electrons. The molecule has 0 spiro atoms. The Balaban J connectivity index is 2.27. The second-order valence-electron chi connectivity index (χ2n) is 6.19. The fraction of sp³-hybridized carbons (Fsp3) is 0.500. The van der Waals surface area contributed by atoms with Crippen LogP contribution < -0.4 is 5.32 Å². The lowest BCUT2D eigenvalue weighted by Gasteiger charge is -2.18. The van der Waals surface area contributed by atoms with Crippen LogP contribution in [-0.2, 0) is 13.5 Å². The minimum atomic E-state index is 0.179. The van der Waals surface area contributed by atoms with E-state index in [0.29, 0.717) is 5.92 Å². The van der Waals surface area contributed by atoms with E-state index >= 15 is 0 Å². The van der Waals surface area contributed by atoms with E-state index in [1.165, 1.54) is 11.1 Å². The zero-order valence-electron chi connectivity index (χ0n) is 13.6. The van der Waals surface area contributed by atoms with Crippen LogP contribution in [0.2, 0.25) is 0 Å². The fourth-order valence-electron chi connectivity index (χ4n) is 2.64. The van der Waals surface area contributed by atoms with Gasteiger partial charge in [0.15, 0.2) is 0 Å². The average molecular weight is 285 g/mol. The normalized spacial score (nSPS) is 12.8. The van der Waals surface area contributed by atoms with Crippen molar-refractivity contribution >= 4 is 0 Å². The number of aryl methyl sites for hydroxylation is 1. The Morgan fingerprint density at radius 2 is 2.10 bits per heavy atom. The van der Waals surface area contributed by atoms with Crippen molar-refractivity contribution in [2.75, 3.05) is 6.54 Å². The summed E-state index contributed by atoms with van der Waals surface area (Å²) in [6.45, 7) is 7.71. The smallest absolute Gasteiger partial charge is 0.0947 e. The summed E-state index contributed by atoms with van der Waals surface area (Å²) in [7, 11) is 2.02. The number of nitrogens with zero attached hydrogens (tertiary/aromatic N) is 2. The highest BCUT2D eigenvalue weighted by Crippen LogP contribution is 2.22. The molecule has 1 heterocycles. The van der Waals surface area contributed by atoms with Gasteiger partial charge in [-0.3, -0.25) is 0 Å². The largest absolute Gasteiger partial charge is 0.340 e. The summed E-state index contributed by atoms with van der Waals surface area (Å²) in [5.41, 5.74) is 3.80. The molecule has 0 fully saturated rings. The van der Waals surface area contributed by atoms with Crippen molar-refractivity contribution in [3.63, 3.8) is 0 Å². The van der Waals surface area contributed by atoms with Crippen LogP contribution in [0.1, 0.15) is 50.1 Å². The molecule has 0 bridgehead atoms. The minimum absolute atomic E-state index is 0.179. The molecular formula is C18H27N3. The van der Waals surface area contributed by atoms with E-state index in [1.54, 1.807) is 0 Å². The molecule has 3 nitrogen and oxygen atoms in total. The maximum absolute atomic E-state index is 4.54. The van der Waals surface area contributed by atoms with Crippen molar-refractivity contribution in [1.82, 2.24) is 14.9 Å². The highest BCUT2D eigenvalue weighted by molar-refractivity contribution is 5.31. The lowest BCUT2D eigenvalue weighted by atomic mass is 9.97. The Bertz CT molecular complexity index is 557. The standard InChI is InChI=1S/C18H27N3/c1-5-9-19-18(17-12-21(4)13-20-17)16-8-6-7-15(11-16)10-14(2)3/h6-8,11-14,18-19H,5,9-10H2,1-4H3. The van der Waals surface area contributed by atoms with E-state index in [9.17, 15) is 0 Å². The second kappa shape index (κ2) is 7.41. The molecule has 1 N–H and O–H groups in total. The first-order chi connectivity index (χ1) is 10.1. The lowest BCUT2D eigenvalue weighted by Crippen LogP contribution is -2.23. The van der Waals surface area contributed by atoms with Gasteiger partial charge in [0.1, 0.15) is 0 Å². The van der Waals surface area contributed by atoms with Gasteiger partial charge in [0.05, 0.1) is 18.1 Å². The van der Waals surface area contributed by atoms with Crippen molar-refractivity contribution in [3.8, 4) is 0 Å². The van der Waals surface area contributed by atoms with Gasteiger partial charge in [-0.1, -0.05) is 45.0 Å². The molecule has 0 saturated carbocycles. The summed E-state index contributed by atoms with van der Waals surface area (Å²) >= 11 is 0. The van der Waals surface area contributed by atoms with E-state index in [2.05, 4.69) is 61.5 Å². The second-order valence-corrected chi connectivity index (χ2v) is 6.19. The van der Waals surface area contributed by atoms with Gasteiger partial charge in [-0.2, -0.15) is 0 Å². The summed E-state index contributed by atoms with van der Waals surface area (Å²) in [5.74, 6) is 0.678. The van der Waals surface area contributed by atoms with Crippen LogP contribution in [0.4, 0.5) is 0 Å². The van der Waals surface area contributed by atoms with Crippen LogP contribution in [0.3, 0.4) is 0 Å². The van der Waals surface area contributed by atoms with Gasteiger partial charge in [-0.25, -0.2) is 4.98 Å². The Kier molecular flexibility index (Phi) is 5.57. The molecule has 0 amide bonds. The number of hydrogen-bond acceptors (Lipinski definition) is 2. The van der Waals surface area contributed by atoms with Crippen molar-refractivity contribution in [2.24, 2.45) is 13.0 Å². The first-order valence-corrected chi connectivity index (χ1v) is 7.90. The Hall–Kier alpha value is -1.61. The van der Waals surface area contributed by atoms with E-state index in [0.717, 1.165) is 25.1 Å². The number of benzene rings is 1. The van der Waals surface area contributed by atoms with Gasteiger partial charge in [-0.05, 0) is 36.4 Å². The SMILES string of the molecule is CCCNC(c1cccc(CC(C)C)c1)c1cn(C)cn1. The molecule has 0 radical (unpaired) electrons. The third-order valence-electron chi connectivity index (χ3n) is 3.55. The van der Waals surface area contributed by atoms with Gasteiger partial charge in [-0.15, -0.1) is 0 Å². The molecule has 1 unspecified atom stereocenters. The lowest BCUT2D eigenvalue weighted by molar-refractivity contribution is 0.586. The number of aromatic nitrogens is 2. The molecule has 1 aromatic heterocycles. The number of rotatable bonds is 7. The third kappa shape index (κ3) is 4.43. The molecule has 0 aliphatic rings. The van der Waals surface area contributed by atoms with Crippen molar-refractivity contribution in [1.29, 1.82) is 0 Å². The average Bonchev–Trinajstić information content (AvgIpc) is 2.85. The zero-order chi connectivity index (χ0) is 15.2. The molecule has 1 aromatic carbocycles. The quantitative estimate of drug-likeness (QED) is 0.840. The van der Waals surface area contributed by atoms with Crippen LogP contribution in [0.5, 0.6) is 0 Å². The molecule has 0 aliphatic carbocycles. The summed E-state index contributed by atoms with van der Waals surface area (Å²) in [5, 5.41) is 3.62. The van der Waals surface area contributed by atoms with Gasteiger partial charge in [0.25, 0.3) is 0 Å². The minimum Gasteiger partial charge on any atom is -0.340 e. The van der Waals surface area contributed by atoms with Crippen LogP contribution >= 0.6 is 0 Å². The van der Waals surface area contributed by atoms with Gasteiger partial charge >= 0.3 is 0 Å².